The molecule has 2 aromatic carbocycles. The first-order valence-corrected chi connectivity index (χ1v) is 9.01. The second-order valence-electron chi connectivity index (χ2n) is 5.52. The van der Waals surface area contributed by atoms with Crippen LogP contribution in [-0.4, -0.2) is 32.0 Å². The minimum atomic E-state index is -2.93. The zero-order valence-electron chi connectivity index (χ0n) is 15.2. The Kier molecular flexibility index (Phi) is 7.72. The van der Waals surface area contributed by atoms with Gasteiger partial charge in [-0.2, -0.15) is 8.78 Å². The maximum Gasteiger partial charge on any atom is 0.387 e. The number of halogens is 2. The Morgan fingerprint density at radius 1 is 1.07 bits per heavy atom. The molecule has 0 fully saturated rings. The van der Waals surface area contributed by atoms with Crippen molar-refractivity contribution in [2.75, 3.05) is 14.2 Å². The molecular formula is C19H21F2NO4S. The number of carbonyl (C=O) groups is 1. The lowest BCUT2D eigenvalue weighted by Gasteiger charge is -2.14. The van der Waals surface area contributed by atoms with Crippen LogP contribution >= 0.6 is 11.8 Å². The standard InChI is InChI=1S/C19H21F2NO4S/c1-12(27-15-7-5-14(24-2)6-8-15)18(23)22-11-13-4-9-16(26-19(20)21)17(10-13)25-3/h4-10,12,19H,11H2,1-3H3,(H,22,23)/t12-/m1/s1. The van der Waals surface area contributed by atoms with Crippen LogP contribution in [0.5, 0.6) is 17.2 Å². The highest BCUT2D eigenvalue weighted by Crippen LogP contribution is 2.29. The lowest BCUT2D eigenvalue weighted by molar-refractivity contribution is -0.120. The minimum absolute atomic E-state index is 0.0500. The van der Waals surface area contributed by atoms with Crippen LogP contribution in [-0.2, 0) is 11.3 Å². The number of thioether (sulfide) groups is 1. The van der Waals surface area contributed by atoms with Crippen LogP contribution in [0.4, 0.5) is 8.78 Å². The molecule has 1 N–H and O–H groups in total. The van der Waals surface area contributed by atoms with E-state index in [0.717, 1.165) is 10.6 Å². The minimum Gasteiger partial charge on any atom is -0.497 e. The number of nitrogens with one attached hydrogen (secondary N) is 1. The average molecular weight is 397 g/mol. The summed E-state index contributed by atoms with van der Waals surface area (Å²) in [6.07, 6.45) is 0. The van der Waals surface area contributed by atoms with Gasteiger partial charge in [-0.3, -0.25) is 4.79 Å². The Balaban J connectivity index is 1.91. The molecule has 5 nitrogen and oxygen atoms in total. The summed E-state index contributed by atoms with van der Waals surface area (Å²) in [4.78, 5) is 13.3. The molecule has 0 radical (unpaired) electrons. The van der Waals surface area contributed by atoms with Gasteiger partial charge in [0.1, 0.15) is 5.75 Å². The van der Waals surface area contributed by atoms with Gasteiger partial charge in [-0.15, -0.1) is 11.8 Å². The van der Waals surface area contributed by atoms with Crippen molar-refractivity contribution in [1.82, 2.24) is 5.32 Å². The molecule has 0 aliphatic rings. The molecule has 0 bridgehead atoms. The van der Waals surface area contributed by atoms with Crippen molar-refractivity contribution >= 4 is 17.7 Å². The number of amides is 1. The maximum absolute atomic E-state index is 12.4. The predicted octanol–water partition coefficient (Wildman–Crippen LogP) is 4.10. The first-order chi connectivity index (χ1) is 12.9. The van der Waals surface area contributed by atoms with E-state index in [0.29, 0.717) is 5.56 Å². The quantitative estimate of drug-likeness (QED) is 0.646. The van der Waals surface area contributed by atoms with Crippen molar-refractivity contribution in [3.8, 4) is 17.2 Å². The molecule has 0 saturated heterocycles. The fraction of sp³-hybridized carbons (Fsp3) is 0.316. The van der Waals surface area contributed by atoms with E-state index in [1.807, 2.05) is 31.2 Å². The van der Waals surface area contributed by atoms with Gasteiger partial charge in [-0.05, 0) is 48.9 Å². The molecule has 1 atom stereocenters. The van der Waals surface area contributed by atoms with Gasteiger partial charge in [-0.1, -0.05) is 6.07 Å². The van der Waals surface area contributed by atoms with Crippen LogP contribution in [0.2, 0.25) is 0 Å². The molecule has 1 amide bonds. The van der Waals surface area contributed by atoms with Crippen molar-refractivity contribution in [2.24, 2.45) is 0 Å². The van der Waals surface area contributed by atoms with E-state index in [9.17, 15) is 13.6 Å². The third kappa shape index (κ3) is 6.32. The summed E-state index contributed by atoms with van der Waals surface area (Å²) in [6.45, 7) is -0.873. The van der Waals surface area contributed by atoms with Crippen LogP contribution < -0.4 is 19.5 Å². The second kappa shape index (κ2) is 10.0. The number of rotatable bonds is 9. The molecule has 0 unspecified atom stereocenters. The highest BCUT2D eigenvalue weighted by molar-refractivity contribution is 8.00. The topological polar surface area (TPSA) is 56.8 Å². The fourth-order valence-corrected chi connectivity index (χ4v) is 3.15. The zero-order chi connectivity index (χ0) is 19.8. The van der Waals surface area contributed by atoms with Gasteiger partial charge in [0.25, 0.3) is 0 Å². The SMILES string of the molecule is COc1ccc(S[C@H](C)C(=O)NCc2ccc(OC(F)F)c(OC)c2)cc1. The summed E-state index contributed by atoms with van der Waals surface area (Å²) in [7, 11) is 2.96. The van der Waals surface area contributed by atoms with E-state index in [1.54, 1.807) is 19.2 Å². The molecular weight excluding hydrogens is 376 g/mol. The van der Waals surface area contributed by atoms with Gasteiger partial charge < -0.3 is 19.5 Å². The molecule has 8 heteroatoms. The molecule has 0 aliphatic carbocycles. The number of benzene rings is 2. The van der Waals surface area contributed by atoms with E-state index in [4.69, 9.17) is 9.47 Å². The van der Waals surface area contributed by atoms with E-state index in [-0.39, 0.29) is 29.2 Å². The molecule has 2 aromatic rings. The second-order valence-corrected chi connectivity index (χ2v) is 6.93. The smallest absolute Gasteiger partial charge is 0.387 e. The molecule has 146 valence electrons. The van der Waals surface area contributed by atoms with Crippen molar-refractivity contribution < 1.29 is 27.8 Å². The molecule has 0 spiro atoms. The summed E-state index contributed by atoms with van der Waals surface area (Å²) in [5.41, 5.74) is 0.712. The molecule has 2 rings (SSSR count). The van der Waals surface area contributed by atoms with Crippen LogP contribution in [0, 0.1) is 0 Å². The number of hydrogen-bond acceptors (Lipinski definition) is 5. The Morgan fingerprint density at radius 2 is 1.78 bits per heavy atom. The van der Waals surface area contributed by atoms with Gasteiger partial charge in [0.2, 0.25) is 5.91 Å². The summed E-state index contributed by atoms with van der Waals surface area (Å²) in [6, 6.07) is 12.0. The van der Waals surface area contributed by atoms with Crippen molar-refractivity contribution in [1.29, 1.82) is 0 Å². The number of hydrogen-bond donors (Lipinski definition) is 1. The lowest BCUT2D eigenvalue weighted by Crippen LogP contribution is -2.30. The highest BCUT2D eigenvalue weighted by Gasteiger charge is 2.15. The van der Waals surface area contributed by atoms with Gasteiger partial charge in [0.05, 0.1) is 19.5 Å². The molecule has 27 heavy (non-hydrogen) atoms. The maximum atomic E-state index is 12.4. The zero-order valence-corrected chi connectivity index (χ0v) is 16.0. The molecule has 0 aliphatic heterocycles. The van der Waals surface area contributed by atoms with Gasteiger partial charge in [0, 0.05) is 11.4 Å². The summed E-state index contributed by atoms with van der Waals surface area (Å²) >= 11 is 1.43. The van der Waals surface area contributed by atoms with Gasteiger partial charge in [-0.25, -0.2) is 0 Å². The Labute approximate surface area is 161 Å². The summed E-state index contributed by atoms with van der Waals surface area (Å²) < 4.78 is 39.3. The summed E-state index contributed by atoms with van der Waals surface area (Å²) in [5, 5.41) is 2.52. The molecule has 0 heterocycles. The number of carbonyl (C=O) groups excluding carboxylic acids is 1. The van der Waals surface area contributed by atoms with Crippen LogP contribution in [0.25, 0.3) is 0 Å². The van der Waals surface area contributed by atoms with Crippen LogP contribution in [0.15, 0.2) is 47.4 Å². The molecule has 0 aromatic heterocycles. The highest BCUT2D eigenvalue weighted by atomic mass is 32.2. The van der Waals surface area contributed by atoms with Crippen molar-refractivity contribution in [2.45, 2.75) is 30.2 Å². The Morgan fingerprint density at radius 3 is 2.37 bits per heavy atom. The first kappa shape index (κ1) is 20.8. The van der Waals surface area contributed by atoms with Crippen molar-refractivity contribution in [3.05, 3.63) is 48.0 Å². The van der Waals surface area contributed by atoms with Gasteiger partial charge in [0.15, 0.2) is 11.5 Å². The Hall–Kier alpha value is -2.48. The van der Waals surface area contributed by atoms with E-state index in [2.05, 4.69) is 10.1 Å². The number of ether oxygens (including phenoxy) is 3. The van der Waals surface area contributed by atoms with Crippen molar-refractivity contribution in [3.63, 3.8) is 0 Å². The van der Waals surface area contributed by atoms with Crippen LogP contribution in [0.3, 0.4) is 0 Å². The summed E-state index contributed by atoms with van der Waals surface area (Å²) in [5.74, 6) is 0.751. The third-order valence-electron chi connectivity index (χ3n) is 3.65. The monoisotopic (exact) mass is 397 g/mol. The van der Waals surface area contributed by atoms with Crippen LogP contribution in [0.1, 0.15) is 12.5 Å². The van der Waals surface area contributed by atoms with E-state index >= 15 is 0 Å². The third-order valence-corrected chi connectivity index (χ3v) is 4.76. The lowest BCUT2D eigenvalue weighted by atomic mass is 10.2. The predicted molar refractivity (Wildman–Crippen MR) is 99.8 cm³/mol. The average Bonchev–Trinajstić information content (AvgIpc) is 2.67. The Bertz CT molecular complexity index is 756. The molecule has 0 saturated carbocycles. The normalized spacial score (nSPS) is 11.8. The number of methoxy groups -OCH3 is 2. The van der Waals surface area contributed by atoms with Gasteiger partial charge >= 0.3 is 6.61 Å². The first-order valence-electron chi connectivity index (χ1n) is 8.13. The fourth-order valence-electron chi connectivity index (χ4n) is 2.26. The van der Waals surface area contributed by atoms with E-state index < -0.39 is 6.61 Å². The van der Waals surface area contributed by atoms with E-state index in [1.165, 1.54) is 24.9 Å². The largest absolute Gasteiger partial charge is 0.497 e. The number of alkyl halides is 2.